The second kappa shape index (κ2) is 10.1. The summed E-state index contributed by atoms with van der Waals surface area (Å²) in [6, 6.07) is 7.39. The maximum Gasteiger partial charge on any atom is 0.408 e. The van der Waals surface area contributed by atoms with Gasteiger partial charge in [-0.3, -0.25) is 9.59 Å². The molecule has 154 valence electrons. The normalized spacial score (nSPS) is 14.8. The molecule has 1 aliphatic rings. The summed E-state index contributed by atoms with van der Waals surface area (Å²) < 4.78 is 5.07. The highest BCUT2D eigenvalue weighted by molar-refractivity contribution is 5.92. The molecular weight excluding hydrogens is 358 g/mol. The quantitative estimate of drug-likeness (QED) is 0.695. The average molecular weight is 389 g/mol. The third kappa shape index (κ3) is 7.98. The average Bonchev–Trinajstić information content (AvgIpc) is 2.65. The molecule has 1 saturated carbocycles. The minimum atomic E-state index is -0.624. The molecule has 0 heterocycles. The Labute approximate surface area is 166 Å². The van der Waals surface area contributed by atoms with Crippen molar-refractivity contribution in [3.05, 3.63) is 29.8 Å². The van der Waals surface area contributed by atoms with Crippen LogP contribution < -0.4 is 16.0 Å². The number of amides is 3. The van der Waals surface area contributed by atoms with Crippen LogP contribution in [0.1, 0.15) is 58.4 Å². The molecule has 0 aliphatic heterocycles. The zero-order valence-electron chi connectivity index (χ0n) is 17.0. The Bertz CT molecular complexity index is 674. The first-order chi connectivity index (χ1) is 13.2. The molecule has 1 aromatic rings. The molecule has 1 aromatic carbocycles. The minimum Gasteiger partial charge on any atom is -0.444 e. The molecule has 28 heavy (non-hydrogen) atoms. The van der Waals surface area contributed by atoms with Gasteiger partial charge in [-0.15, -0.1) is 0 Å². The summed E-state index contributed by atoms with van der Waals surface area (Å²) in [4.78, 5) is 35.6. The van der Waals surface area contributed by atoms with Crippen molar-refractivity contribution >= 4 is 23.6 Å². The van der Waals surface area contributed by atoms with Gasteiger partial charge in [0.2, 0.25) is 11.8 Å². The van der Waals surface area contributed by atoms with Gasteiger partial charge >= 0.3 is 6.09 Å². The van der Waals surface area contributed by atoms with Gasteiger partial charge in [0.05, 0.1) is 0 Å². The molecular formula is C21H31N3O4. The second-order valence-electron chi connectivity index (χ2n) is 8.15. The predicted molar refractivity (Wildman–Crippen MR) is 108 cm³/mol. The highest BCUT2D eigenvalue weighted by Gasteiger charge is 2.21. The van der Waals surface area contributed by atoms with Crippen LogP contribution in [0.15, 0.2) is 24.3 Å². The van der Waals surface area contributed by atoms with E-state index in [1.807, 2.05) is 24.3 Å². The van der Waals surface area contributed by atoms with Crippen LogP contribution in [0.3, 0.4) is 0 Å². The Morgan fingerprint density at radius 3 is 2.25 bits per heavy atom. The molecule has 3 amide bonds. The first-order valence-electron chi connectivity index (χ1n) is 9.86. The molecule has 7 nitrogen and oxygen atoms in total. The van der Waals surface area contributed by atoms with Crippen LogP contribution in [-0.4, -0.2) is 30.1 Å². The van der Waals surface area contributed by atoms with Gasteiger partial charge in [-0.25, -0.2) is 4.79 Å². The zero-order chi connectivity index (χ0) is 20.6. The van der Waals surface area contributed by atoms with E-state index >= 15 is 0 Å². The van der Waals surface area contributed by atoms with Gasteiger partial charge in [-0.1, -0.05) is 31.4 Å². The monoisotopic (exact) mass is 389 g/mol. The van der Waals surface area contributed by atoms with Gasteiger partial charge in [0, 0.05) is 18.2 Å². The molecule has 1 fully saturated rings. The number of nitrogens with one attached hydrogen (secondary N) is 3. The molecule has 2 rings (SSSR count). The van der Waals surface area contributed by atoms with Crippen molar-refractivity contribution in [1.82, 2.24) is 10.6 Å². The van der Waals surface area contributed by atoms with Gasteiger partial charge in [0.1, 0.15) is 12.1 Å². The first-order valence-corrected chi connectivity index (χ1v) is 9.86. The van der Waals surface area contributed by atoms with E-state index in [4.69, 9.17) is 4.74 Å². The van der Waals surface area contributed by atoms with E-state index in [1.54, 1.807) is 20.8 Å². The summed E-state index contributed by atoms with van der Waals surface area (Å²) in [6.45, 7) is 5.46. The van der Waals surface area contributed by atoms with Crippen molar-refractivity contribution in [1.29, 1.82) is 0 Å². The van der Waals surface area contributed by atoms with Crippen LogP contribution in [0, 0.1) is 5.92 Å². The van der Waals surface area contributed by atoms with Crippen molar-refractivity contribution in [3.8, 4) is 0 Å². The molecule has 0 atom stereocenters. The van der Waals surface area contributed by atoms with E-state index in [9.17, 15) is 14.4 Å². The second-order valence-corrected chi connectivity index (χ2v) is 8.15. The van der Waals surface area contributed by atoms with Gasteiger partial charge in [0.15, 0.2) is 0 Å². The number of carbonyl (C=O) groups is 3. The SMILES string of the molecule is CC(C)(C)OC(=O)NCC(=O)NCc1ccc(NC(=O)C2CCCCC2)cc1. The zero-order valence-corrected chi connectivity index (χ0v) is 17.0. The van der Waals surface area contributed by atoms with Crippen molar-refractivity contribution in [2.45, 2.75) is 65.0 Å². The molecule has 0 radical (unpaired) electrons. The van der Waals surface area contributed by atoms with Crippen molar-refractivity contribution in [2.24, 2.45) is 5.92 Å². The lowest BCUT2D eigenvalue weighted by atomic mass is 9.88. The standard InChI is InChI=1S/C21H31N3O4/c1-21(2,3)28-20(27)23-14-18(25)22-13-15-9-11-17(12-10-15)24-19(26)16-7-5-4-6-8-16/h9-12,16H,4-8,13-14H2,1-3H3,(H,22,25)(H,23,27)(H,24,26). The number of anilines is 1. The highest BCUT2D eigenvalue weighted by atomic mass is 16.6. The van der Waals surface area contributed by atoms with E-state index in [-0.39, 0.29) is 24.3 Å². The van der Waals surface area contributed by atoms with Gasteiger partial charge in [-0.05, 0) is 51.3 Å². The lowest BCUT2D eigenvalue weighted by molar-refractivity contribution is -0.121. The molecule has 3 N–H and O–H groups in total. The topological polar surface area (TPSA) is 96.5 Å². The van der Waals surface area contributed by atoms with E-state index in [0.29, 0.717) is 6.54 Å². The fourth-order valence-corrected chi connectivity index (χ4v) is 3.04. The molecule has 0 spiro atoms. The van der Waals surface area contributed by atoms with Crippen molar-refractivity contribution in [3.63, 3.8) is 0 Å². The van der Waals surface area contributed by atoms with E-state index in [1.165, 1.54) is 6.42 Å². The number of rotatable bonds is 6. The van der Waals surface area contributed by atoms with Crippen LogP contribution in [0.5, 0.6) is 0 Å². The smallest absolute Gasteiger partial charge is 0.408 e. The maximum absolute atomic E-state index is 12.3. The number of carbonyl (C=O) groups excluding carboxylic acids is 3. The summed E-state index contributed by atoms with van der Waals surface area (Å²) in [6.07, 6.45) is 4.78. The fourth-order valence-electron chi connectivity index (χ4n) is 3.04. The summed E-state index contributed by atoms with van der Waals surface area (Å²) in [5.74, 6) is -0.0975. The Morgan fingerprint density at radius 2 is 1.64 bits per heavy atom. The van der Waals surface area contributed by atoms with E-state index in [2.05, 4.69) is 16.0 Å². The van der Waals surface area contributed by atoms with Crippen molar-refractivity contribution < 1.29 is 19.1 Å². The van der Waals surface area contributed by atoms with Gasteiger partial charge < -0.3 is 20.7 Å². The molecule has 7 heteroatoms. The van der Waals surface area contributed by atoms with E-state index < -0.39 is 11.7 Å². The maximum atomic E-state index is 12.3. The Kier molecular flexibility index (Phi) is 7.84. The fraction of sp³-hybridized carbons (Fsp3) is 0.571. The molecule has 1 aliphatic carbocycles. The van der Waals surface area contributed by atoms with Crippen LogP contribution in [-0.2, 0) is 20.9 Å². The number of benzene rings is 1. The third-order valence-electron chi connectivity index (χ3n) is 4.48. The third-order valence-corrected chi connectivity index (χ3v) is 4.48. The number of ether oxygens (including phenoxy) is 1. The number of hydrogen-bond acceptors (Lipinski definition) is 4. The van der Waals surface area contributed by atoms with Gasteiger partial charge in [0.25, 0.3) is 0 Å². The highest BCUT2D eigenvalue weighted by Crippen LogP contribution is 2.25. The summed E-state index contributed by atoms with van der Waals surface area (Å²) in [5, 5.41) is 8.12. The Morgan fingerprint density at radius 1 is 1.00 bits per heavy atom. The van der Waals surface area contributed by atoms with Crippen molar-refractivity contribution in [2.75, 3.05) is 11.9 Å². The predicted octanol–water partition coefficient (Wildman–Crippen LogP) is 3.35. The first kappa shape index (κ1) is 21.7. The van der Waals surface area contributed by atoms with Gasteiger partial charge in [-0.2, -0.15) is 0 Å². The Hall–Kier alpha value is -2.57. The lowest BCUT2D eigenvalue weighted by Crippen LogP contribution is -2.39. The van der Waals surface area contributed by atoms with E-state index in [0.717, 1.165) is 36.9 Å². The summed E-state index contributed by atoms with van der Waals surface area (Å²) >= 11 is 0. The molecule has 0 saturated heterocycles. The Balaban J connectivity index is 1.71. The summed E-state index contributed by atoms with van der Waals surface area (Å²) in [5.41, 5.74) is 1.06. The number of hydrogen-bond donors (Lipinski definition) is 3. The molecule has 0 bridgehead atoms. The molecule has 0 aromatic heterocycles. The minimum absolute atomic E-state index is 0.0916. The van der Waals surface area contributed by atoms with Crippen LogP contribution in [0.25, 0.3) is 0 Å². The van der Waals surface area contributed by atoms with Crippen LogP contribution >= 0.6 is 0 Å². The van der Waals surface area contributed by atoms with Crippen LogP contribution in [0.4, 0.5) is 10.5 Å². The summed E-state index contributed by atoms with van der Waals surface area (Å²) in [7, 11) is 0. The largest absolute Gasteiger partial charge is 0.444 e. The van der Waals surface area contributed by atoms with Crippen LogP contribution in [0.2, 0.25) is 0 Å². The lowest BCUT2D eigenvalue weighted by Gasteiger charge is -2.20. The number of alkyl carbamates (subject to hydrolysis) is 1. The molecule has 0 unspecified atom stereocenters.